The number of unbranched alkanes of at least 4 members (excludes halogenated alkanes) is 7. The first-order valence-electron chi connectivity index (χ1n) is 13.3. The fourth-order valence-electron chi connectivity index (χ4n) is 5.18. The number of aromatic nitrogens is 2. The number of benzene rings is 1. The van der Waals surface area contributed by atoms with Crippen molar-refractivity contribution in [1.29, 1.82) is 0 Å². The van der Waals surface area contributed by atoms with Gasteiger partial charge in [-0.25, -0.2) is 14.4 Å². The first kappa shape index (κ1) is 24.9. The van der Waals surface area contributed by atoms with E-state index in [2.05, 4.69) is 23.8 Å². The maximum absolute atomic E-state index is 15.0. The second kappa shape index (κ2) is 13.7. The van der Waals surface area contributed by atoms with E-state index in [1.54, 1.807) is 6.07 Å². The van der Waals surface area contributed by atoms with Crippen LogP contribution in [0.25, 0.3) is 11.4 Å². The van der Waals surface area contributed by atoms with E-state index in [0.717, 1.165) is 36.3 Å². The van der Waals surface area contributed by atoms with E-state index in [1.807, 2.05) is 24.5 Å². The molecule has 1 saturated carbocycles. The Labute approximate surface area is 195 Å². The van der Waals surface area contributed by atoms with E-state index in [4.69, 9.17) is 0 Å². The molecule has 2 aromatic rings. The molecule has 1 heterocycles. The van der Waals surface area contributed by atoms with Crippen molar-refractivity contribution in [3.63, 3.8) is 0 Å². The second-order valence-corrected chi connectivity index (χ2v) is 9.88. The Morgan fingerprint density at radius 1 is 0.812 bits per heavy atom. The van der Waals surface area contributed by atoms with E-state index >= 15 is 4.39 Å². The van der Waals surface area contributed by atoms with Gasteiger partial charge in [-0.2, -0.15) is 0 Å². The minimum Gasteiger partial charge on any atom is -0.236 e. The van der Waals surface area contributed by atoms with Crippen molar-refractivity contribution in [3.05, 3.63) is 47.5 Å². The molecule has 0 amide bonds. The van der Waals surface area contributed by atoms with E-state index in [9.17, 15) is 0 Å². The van der Waals surface area contributed by atoms with Crippen LogP contribution in [0.4, 0.5) is 4.39 Å². The van der Waals surface area contributed by atoms with E-state index in [-0.39, 0.29) is 5.82 Å². The zero-order valence-electron chi connectivity index (χ0n) is 20.4. The quantitative estimate of drug-likeness (QED) is 0.291. The molecule has 0 aliphatic heterocycles. The number of hydrogen-bond acceptors (Lipinski definition) is 2. The molecule has 0 unspecified atom stereocenters. The van der Waals surface area contributed by atoms with Crippen molar-refractivity contribution in [3.8, 4) is 11.4 Å². The molecule has 3 heteroatoms. The average molecular weight is 439 g/mol. The Kier molecular flexibility index (Phi) is 10.6. The Hall–Kier alpha value is -1.77. The Balaban J connectivity index is 1.49. The van der Waals surface area contributed by atoms with Gasteiger partial charge in [0.1, 0.15) is 5.82 Å². The number of nitrogens with zero attached hydrogens (tertiary/aromatic N) is 2. The standard InChI is InChI=1S/C29H43FN2/c1-3-5-7-9-11-12-23-14-16-25(17-15-23)27-19-18-26(20-28(27)30)29-31-21-24(22-32-29)13-10-8-6-4-2/h18-23,25H,3-17H2,1-2H3/t23-,25-. The van der Waals surface area contributed by atoms with Gasteiger partial charge in [-0.15, -0.1) is 0 Å². The Morgan fingerprint density at radius 2 is 1.47 bits per heavy atom. The van der Waals surface area contributed by atoms with Crippen molar-refractivity contribution in [1.82, 2.24) is 9.97 Å². The maximum atomic E-state index is 15.0. The highest BCUT2D eigenvalue weighted by atomic mass is 19.1. The third-order valence-corrected chi connectivity index (χ3v) is 7.29. The van der Waals surface area contributed by atoms with Crippen molar-refractivity contribution < 1.29 is 4.39 Å². The van der Waals surface area contributed by atoms with Crippen LogP contribution in [0.5, 0.6) is 0 Å². The molecule has 0 spiro atoms. The third kappa shape index (κ3) is 7.67. The van der Waals surface area contributed by atoms with Gasteiger partial charge in [0.2, 0.25) is 0 Å². The molecule has 1 aliphatic rings. The van der Waals surface area contributed by atoms with Gasteiger partial charge in [-0.3, -0.25) is 0 Å². The molecular formula is C29H43FN2. The van der Waals surface area contributed by atoms with Crippen LogP contribution in [0.1, 0.15) is 121 Å². The van der Waals surface area contributed by atoms with Crippen LogP contribution < -0.4 is 0 Å². The molecule has 2 nitrogen and oxygen atoms in total. The molecule has 1 fully saturated rings. The predicted molar refractivity (Wildman–Crippen MR) is 133 cm³/mol. The SMILES string of the molecule is CCCCCCC[C@H]1CC[C@H](c2ccc(-c3ncc(CCCCCC)cn3)cc2F)CC1. The summed E-state index contributed by atoms with van der Waals surface area (Å²) in [5.74, 6) is 1.76. The van der Waals surface area contributed by atoms with Crippen LogP contribution >= 0.6 is 0 Å². The summed E-state index contributed by atoms with van der Waals surface area (Å²) in [6, 6.07) is 5.64. The molecule has 176 valence electrons. The lowest BCUT2D eigenvalue weighted by molar-refractivity contribution is 0.298. The summed E-state index contributed by atoms with van der Waals surface area (Å²) in [4.78, 5) is 9.02. The van der Waals surface area contributed by atoms with Gasteiger partial charge in [0, 0.05) is 18.0 Å². The summed E-state index contributed by atoms with van der Waals surface area (Å²) >= 11 is 0. The van der Waals surface area contributed by atoms with Gasteiger partial charge in [-0.05, 0) is 67.6 Å². The topological polar surface area (TPSA) is 25.8 Å². The number of rotatable bonds is 13. The van der Waals surface area contributed by atoms with Gasteiger partial charge >= 0.3 is 0 Å². The zero-order chi connectivity index (χ0) is 22.6. The van der Waals surface area contributed by atoms with Crippen LogP contribution in [0, 0.1) is 11.7 Å². The lowest BCUT2D eigenvalue weighted by Gasteiger charge is -2.29. The monoisotopic (exact) mass is 438 g/mol. The number of aryl methyl sites for hydroxylation is 1. The van der Waals surface area contributed by atoms with Gasteiger partial charge in [0.15, 0.2) is 5.82 Å². The zero-order valence-corrected chi connectivity index (χ0v) is 20.4. The summed E-state index contributed by atoms with van der Waals surface area (Å²) in [5, 5.41) is 0. The second-order valence-electron chi connectivity index (χ2n) is 9.88. The summed E-state index contributed by atoms with van der Waals surface area (Å²) in [6.45, 7) is 4.50. The fourth-order valence-corrected chi connectivity index (χ4v) is 5.18. The number of halogens is 1. The van der Waals surface area contributed by atoms with Crippen LogP contribution in [0.15, 0.2) is 30.6 Å². The highest BCUT2D eigenvalue weighted by Crippen LogP contribution is 2.39. The highest BCUT2D eigenvalue weighted by Gasteiger charge is 2.24. The molecule has 1 aromatic carbocycles. The summed E-state index contributed by atoms with van der Waals surface area (Å²) in [7, 11) is 0. The highest BCUT2D eigenvalue weighted by molar-refractivity contribution is 5.55. The first-order valence-corrected chi connectivity index (χ1v) is 13.3. The molecule has 32 heavy (non-hydrogen) atoms. The molecular weight excluding hydrogens is 395 g/mol. The first-order chi connectivity index (χ1) is 15.7. The van der Waals surface area contributed by atoms with Crippen LogP contribution in [-0.2, 0) is 6.42 Å². The van der Waals surface area contributed by atoms with Gasteiger partial charge in [-0.1, -0.05) is 83.8 Å². The minimum absolute atomic E-state index is 0.0854. The Morgan fingerprint density at radius 3 is 2.12 bits per heavy atom. The lowest BCUT2D eigenvalue weighted by Crippen LogP contribution is -2.14. The fraction of sp³-hybridized carbons (Fsp3) is 0.655. The van der Waals surface area contributed by atoms with E-state index in [0.29, 0.717) is 11.7 Å². The van der Waals surface area contributed by atoms with Gasteiger partial charge < -0.3 is 0 Å². The third-order valence-electron chi connectivity index (χ3n) is 7.29. The predicted octanol–water partition coefficient (Wildman–Crippen LogP) is 9.04. The van der Waals surface area contributed by atoms with Crippen molar-refractivity contribution in [2.75, 3.05) is 0 Å². The van der Waals surface area contributed by atoms with Gasteiger partial charge in [0.25, 0.3) is 0 Å². The van der Waals surface area contributed by atoms with Crippen molar-refractivity contribution in [2.45, 2.75) is 116 Å². The average Bonchev–Trinajstić information content (AvgIpc) is 2.83. The lowest BCUT2D eigenvalue weighted by atomic mass is 9.76. The normalized spacial score (nSPS) is 18.7. The van der Waals surface area contributed by atoms with E-state index < -0.39 is 0 Å². The van der Waals surface area contributed by atoms with Crippen LogP contribution in [0.2, 0.25) is 0 Å². The summed E-state index contributed by atoms with van der Waals surface area (Å²) < 4.78 is 15.0. The largest absolute Gasteiger partial charge is 0.236 e. The van der Waals surface area contributed by atoms with E-state index in [1.165, 1.54) is 82.6 Å². The molecule has 3 rings (SSSR count). The molecule has 0 N–H and O–H groups in total. The van der Waals surface area contributed by atoms with Crippen LogP contribution in [-0.4, -0.2) is 9.97 Å². The minimum atomic E-state index is -0.0854. The van der Waals surface area contributed by atoms with Crippen molar-refractivity contribution in [2.24, 2.45) is 5.92 Å². The summed E-state index contributed by atoms with van der Waals surface area (Å²) in [6.07, 6.45) is 22.7. The molecule has 0 atom stereocenters. The maximum Gasteiger partial charge on any atom is 0.159 e. The van der Waals surface area contributed by atoms with Gasteiger partial charge in [0.05, 0.1) is 0 Å². The molecule has 0 radical (unpaired) electrons. The molecule has 0 bridgehead atoms. The van der Waals surface area contributed by atoms with Crippen molar-refractivity contribution >= 4 is 0 Å². The summed E-state index contributed by atoms with van der Waals surface area (Å²) in [5.41, 5.74) is 2.84. The molecule has 0 saturated heterocycles. The smallest absolute Gasteiger partial charge is 0.159 e. The van der Waals surface area contributed by atoms with Crippen LogP contribution in [0.3, 0.4) is 0 Å². The Bertz CT molecular complexity index is 778. The molecule has 1 aliphatic carbocycles. The molecule has 1 aromatic heterocycles. The number of hydrogen-bond donors (Lipinski definition) is 0.